The molecule has 6 nitrogen and oxygen atoms in total. The van der Waals surface area contributed by atoms with Crippen LogP contribution in [0.2, 0.25) is 0 Å². The second-order valence-electron chi connectivity index (χ2n) is 9.22. The van der Waals surface area contributed by atoms with E-state index in [2.05, 4.69) is 46.8 Å². The van der Waals surface area contributed by atoms with Crippen LogP contribution in [0.4, 0.5) is 5.82 Å². The van der Waals surface area contributed by atoms with E-state index in [-0.39, 0.29) is 5.41 Å². The van der Waals surface area contributed by atoms with Crippen LogP contribution >= 0.6 is 0 Å². The summed E-state index contributed by atoms with van der Waals surface area (Å²) in [5.41, 5.74) is 3.16. The molecule has 1 fully saturated rings. The Balaban J connectivity index is 1.44. The molecular weight excluding hydrogens is 398 g/mol. The van der Waals surface area contributed by atoms with E-state index >= 15 is 0 Å². The summed E-state index contributed by atoms with van der Waals surface area (Å²) in [5.74, 6) is 2.81. The number of aromatic nitrogens is 3. The molecular formula is C26H33N5O. The molecule has 1 aromatic carbocycles. The Hall–Kier alpha value is -2.99. The van der Waals surface area contributed by atoms with Gasteiger partial charge < -0.3 is 9.64 Å². The van der Waals surface area contributed by atoms with Crippen molar-refractivity contribution in [2.45, 2.75) is 45.3 Å². The van der Waals surface area contributed by atoms with Crippen LogP contribution in [-0.4, -0.2) is 47.0 Å². The minimum absolute atomic E-state index is 0.0535. The van der Waals surface area contributed by atoms with E-state index < -0.39 is 0 Å². The van der Waals surface area contributed by atoms with Gasteiger partial charge in [0.2, 0.25) is 0 Å². The number of hydrogen-bond donors (Lipinski definition) is 0. The molecule has 1 saturated heterocycles. The van der Waals surface area contributed by atoms with E-state index in [0.29, 0.717) is 6.61 Å². The fraction of sp³-hybridized carbons (Fsp3) is 0.423. The van der Waals surface area contributed by atoms with Gasteiger partial charge in [0.15, 0.2) is 0 Å². The summed E-state index contributed by atoms with van der Waals surface area (Å²) in [6.45, 7) is 7.76. The van der Waals surface area contributed by atoms with Gasteiger partial charge in [0.25, 0.3) is 0 Å². The van der Waals surface area contributed by atoms with Crippen LogP contribution in [0.5, 0.6) is 5.75 Å². The summed E-state index contributed by atoms with van der Waals surface area (Å²) in [5, 5.41) is 0. The van der Waals surface area contributed by atoms with Crippen molar-refractivity contribution in [3.8, 4) is 5.75 Å². The van der Waals surface area contributed by atoms with Crippen molar-refractivity contribution >= 4 is 5.82 Å². The summed E-state index contributed by atoms with van der Waals surface area (Å²) >= 11 is 0. The highest BCUT2D eigenvalue weighted by molar-refractivity contribution is 5.38. The maximum Gasteiger partial charge on any atom is 0.138 e. The molecule has 1 aliphatic rings. The number of anilines is 1. The predicted octanol–water partition coefficient (Wildman–Crippen LogP) is 4.38. The van der Waals surface area contributed by atoms with E-state index in [9.17, 15) is 0 Å². The third kappa shape index (κ3) is 5.43. The standard InChI is InChI=1S/C26H33N5O/c1-20-15-24(30(3)4)29-25(28-20)26(2)12-8-14-31(19-26)17-21-9-7-11-23(16-21)32-18-22-10-5-6-13-27-22/h5-7,9-11,13,15-16H,8,12,14,17-19H2,1-4H3/t26-/m0/s1. The second-order valence-corrected chi connectivity index (χ2v) is 9.22. The first-order valence-corrected chi connectivity index (χ1v) is 11.3. The number of nitrogens with zero attached hydrogens (tertiary/aromatic N) is 5. The smallest absolute Gasteiger partial charge is 0.138 e. The fourth-order valence-electron chi connectivity index (χ4n) is 4.35. The number of pyridine rings is 1. The van der Waals surface area contributed by atoms with E-state index in [4.69, 9.17) is 14.7 Å². The molecule has 3 heterocycles. The van der Waals surface area contributed by atoms with Gasteiger partial charge in [-0.05, 0) is 56.1 Å². The van der Waals surface area contributed by atoms with Crippen LogP contribution in [0.3, 0.4) is 0 Å². The van der Waals surface area contributed by atoms with Crippen molar-refractivity contribution in [1.82, 2.24) is 19.9 Å². The largest absolute Gasteiger partial charge is 0.487 e. The highest BCUT2D eigenvalue weighted by atomic mass is 16.5. The van der Waals surface area contributed by atoms with Crippen LogP contribution in [0.25, 0.3) is 0 Å². The summed E-state index contributed by atoms with van der Waals surface area (Å²) in [6, 6.07) is 16.3. The zero-order valence-electron chi connectivity index (χ0n) is 19.6. The lowest BCUT2D eigenvalue weighted by Crippen LogP contribution is -2.45. The molecule has 1 atom stereocenters. The van der Waals surface area contributed by atoms with E-state index in [0.717, 1.165) is 61.3 Å². The molecule has 0 amide bonds. The van der Waals surface area contributed by atoms with Crippen LogP contribution in [-0.2, 0) is 18.6 Å². The molecule has 0 saturated carbocycles. The van der Waals surface area contributed by atoms with E-state index in [1.807, 2.05) is 44.4 Å². The highest BCUT2D eigenvalue weighted by Crippen LogP contribution is 2.33. The van der Waals surface area contributed by atoms with Crippen LogP contribution in [0, 0.1) is 6.92 Å². The maximum atomic E-state index is 5.98. The minimum atomic E-state index is -0.0535. The van der Waals surface area contributed by atoms with Crippen molar-refractivity contribution in [3.05, 3.63) is 77.5 Å². The number of ether oxygens (including phenoxy) is 1. The summed E-state index contributed by atoms with van der Waals surface area (Å²) < 4.78 is 5.98. The third-order valence-corrected chi connectivity index (χ3v) is 6.03. The number of aryl methyl sites for hydroxylation is 1. The number of benzene rings is 1. The van der Waals surface area contributed by atoms with Crippen molar-refractivity contribution in [2.24, 2.45) is 0 Å². The second kappa shape index (κ2) is 9.65. The van der Waals surface area contributed by atoms with Crippen molar-refractivity contribution in [1.29, 1.82) is 0 Å². The van der Waals surface area contributed by atoms with Gasteiger partial charge in [-0.25, -0.2) is 9.97 Å². The zero-order chi connectivity index (χ0) is 22.6. The van der Waals surface area contributed by atoms with Gasteiger partial charge >= 0.3 is 0 Å². The number of piperidine rings is 1. The molecule has 0 bridgehead atoms. The number of hydrogen-bond acceptors (Lipinski definition) is 6. The summed E-state index contributed by atoms with van der Waals surface area (Å²) in [6.07, 6.45) is 4.04. The first-order valence-electron chi connectivity index (χ1n) is 11.3. The maximum absolute atomic E-state index is 5.98. The Morgan fingerprint density at radius 3 is 2.75 bits per heavy atom. The van der Waals surface area contributed by atoms with Crippen LogP contribution in [0.15, 0.2) is 54.7 Å². The Bertz CT molecular complexity index is 1040. The van der Waals surface area contributed by atoms with Gasteiger partial charge in [-0.3, -0.25) is 9.88 Å². The molecule has 0 N–H and O–H groups in total. The molecule has 168 valence electrons. The zero-order valence-corrected chi connectivity index (χ0v) is 19.6. The first-order chi connectivity index (χ1) is 15.4. The lowest BCUT2D eigenvalue weighted by molar-refractivity contribution is 0.144. The third-order valence-electron chi connectivity index (χ3n) is 6.03. The van der Waals surface area contributed by atoms with Crippen molar-refractivity contribution in [2.75, 3.05) is 32.1 Å². The summed E-state index contributed by atoms with van der Waals surface area (Å²) in [4.78, 5) is 18.6. The van der Waals surface area contributed by atoms with Gasteiger partial charge in [0, 0.05) is 50.6 Å². The highest BCUT2D eigenvalue weighted by Gasteiger charge is 2.35. The number of likely N-dealkylation sites (tertiary alicyclic amines) is 1. The average Bonchev–Trinajstić information content (AvgIpc) is 2.78. The molecule has 0 unspecified atom stereocenters. The molecule has 2 aromatic heterocycles. The molecule has 6 heteroatoms. The monoisotopic (exact) mass is 431 g/mol. The van der Waals surface area contributed by atoms with Crippen LogP contribution in [0.1, 0.15) is 42.5 Å². The normalized spacial score (nSPS) is 19.0. The van der Waals surface area contributed by atoms with E-state index in [1.54, 1.807) is 6.20 Å². The van der Waals surface area contributed by atoms with Gasteiger partial charge in [-0.15, -0.1) is 0 Å². The molecule has 4 rings (SSSR count). The Labute approximate surface area is 191 Å². The molecule has 0 radical (unpaired) electrons. The van der Waals surface area contributed by atoms with Gasteiger partial charge in [-0.1, -0.05) is 25.1 Å². The van der Waals surface area contributed by atoms with Gasteiger partial charge in [0.1, 0.15) is 24.0 Å². The predicted molar refractivity (Wildman–Crippen MR) is 128 cm³/mol. The first kappa shape index (κ1) is 22.2. The quantitative estimate of drug-likeness (QED) is 0.553. The molecule has 1 aliphatic heterocycles. The van der Waals surface area contributed by atoms with Crippen molar-refractivity contribution < 1.29 is 4.74 Å². The Morgan fingerprint density at radius 2 is 1.97 bits per heavy atom. The molecule has 0 spiro atoms. The lowest BCUT2D eigenvalue weighted by atomic mass is 9.80. The average molecular weight is 432 g/mol. The Kier molecular flexibility index (Phi) is 6.70. The van der Waals surface area contributed by atoms with Gasteiger partial charge in [0.05, 0.1) is 5.69 Å². The molecule has 0 aliphatic carbocycles. The van der Waals surface area contributed by atoms with Gasteiger partial charge in [-0.2, -0.15) is 0 Å². The van der Waals surface area contributed by atoms with Crippen LogP contribution < -0.4 is 9.64 Å². The van der Waals surface area contributed by atoms with E-state index in [1.165, 1.54) is 5.56 Å². The lowest BCUT2D eigenvalue weighted by Gasteiger charge is -2.39. The SMILES string of the molecule is Cc1cc(N(C)C)nc([C@@]2(C)CCCN(Cc3cccc(OCc4ccccn4)c3)C2)n1. The topological polar surface area (TPSA) is 54.4 Å². The summed E-state index contributed by atoms with van der Waals surface area (Å²) in [7, 11) is 4.06. The van der Waals surface area contributed by atoms with Crippen molar-refractivity contribution in [3.63, 3.8) is 0 Å². The molecule has 3 aromatic rings. The molecule has 32 heavy (non-hydrogen) atoms. The number of rotatable bonds is 7. The Morgan fingerprint density at radius 1 is 1.09 bits per heavy atom. The minimum Gasteiger partial charge on any atom is -0.487 e. The fourth-order valence-corrected chi connectivity index (χ4v) is 4.35.